The first-order chi connectivity index (χ1) is 7.61. The van der Waals surface area contributed by atoms with Crippen molar-refractivity contribution < 1.29 is 0 Å². The van der Waals surface area contributed by atoms with Gasteiger partial charge in [-0.3, -0.25) is 0 Å². The monoisotopic (exact) mass is 220 g/mol. The molecule has 1 atom stereocenters. The minimum Gasteiger partial charge on any atom is -0.374 e. The van der Waals surface area contributed by atoms with E-state index in [9.17, 15) is 0 Å². The Morgan fingerprint density at radius 2 is 1.88 bits per heavy atom. The second kappa shape index (κ2) is 5.90. The van der Waals surface area contributed by atoms with Gasteiger partial charge in [-0.15, -0.1) is 0 Å². The van der Waals surface area contributed by atoms with Crippen molar-refractivity contribution in [2.45, 2.75) is 20.3 Å². The molecule has 16 heavy (non-hydrogen) atoms. The fourth-order valence-corrected chi connectivity index (χ4v) is 2.07. The number of para-hydroxylation sites is 1. The van der Waals surface area contributed by atoms with Crippen LogP contribution in [0.2, 0.25) is 0 Å². The molecule has 0 amide bonds. The van der Waals surface area contributed by atoms with Gasteiger partial charge >= 0.3 is 0 Å². The van der Waals surface area contributed by atoms with Crippen LogP contribution in [0.3, 0.4) is 0 Å². The standard InChI is InChI=1S/C14H24N2/c1-5-14(2,11-15-3)12-16(4)13-9-7-6-8-10-13/h6-10,15H,5,11-12H2,1-4H3. The number of hydrogen-bond acceptors (Lipinski definition) is 2. The van der Waals surface area contributed by atoms with E-state index >= 15 is 0 Å². The van der Waals surface area contributed by atoms with Crippen LogP contribution in [0.5, 0.6) is 0 Å². The highest BCUT2D eigenvalue weighted by atomic mass is 15.1. The molecule has 1 rings (SSSR count). The van der Waals surface area contributed by atoms with E-state index in [-0.39, 0.29) is 0 Å². The Balaban J connectivity index is 2.65. The Labute approximate surface area is 99.7 Å². The normalized spacial score (nSPS) is 14.5. The summed E-state index contributed by atoms with van der Waals surface area (Å²) < 4.78 is 0. The van der Waals surface area contributed by atoms with E-state index in [1.54, 1.807) is 0 Å². The molecule has 0 spiro atoms. The molecule has 0 aliphatic heterocycles. The molecule has 1 aromatic carbocycles. The van der Waals surface area contributed by atoms with E-state index in [4.69, 9.17) is 0 Å². The minimum absolute atomic E-state index is 0.333. The predicted molar refractivity (Wildman–Crippen MR) is 72.0 cm³/mol. The van der Waals surface area contributed by atoms with Crippen molar-refractivity contribution in [2.75, 3.05) is 32.1 Å². The molecule has 0 aliphatic rings. The molecule has 0 fully saturated rings. The van der Waals surface area contributed by atoms with Gasteiger partial charge in [-0.05, 0) is 31.0 Å². The van der Waals surface area contributed by atoms with Gasteiger partial charge in [0.25, 0.3) is 0 Å². The highest BCUT2D eigenvalue weighted by Gasteiger charge is 2.23. The first-order valence-electron chi connectivity index (χ1n) is 6.02. The van der Waals surface area contributed by atoms with Crippen molar-refractivity contribution in [3.63, 3.8) is 0 Å². The molecule has 0 saturated heterocycles. The summed E-state index contributed by atoms with van der Waals surface area (Å²) in [6.45, 7) is 6.73. The number of anilines is 1. The van der Waals surface area contributed by atoms with Crippen LogP contribution in [0.1, 0.15) is 20.3 Å². The molecular weight excluding hydrogens is 196 g/mol. The molecule has 0 aliphatic carbocycles. The van der Waals surface area contributed by atoms with Crippen molar-refractivity contribution in [1.82, 2.24) is 5.32 Å². The maximum absolute atomic E-state index is 3.29. The number of rotatable bonds is 6. The molecule has 1 aromatic rings. The lowest BCUT2D eigenvalue weighted by molar-refractivity contribution is 0.308. The summed E-state index contributed by atoms with van der Waals surface area (Å²) in [6.07, 6.45) is 1.19. The van der Waals surface area contributed by atoms with Gasteiger partial charge in [-0.25, -0.2) is 0 Å². The Hall–Kier alpha value is -1.02. The van der Waals surface area contributed by atoms with E-state index < -0.39 is 0 Å². The minimum atomic E-state index is 0.333. The number of nitrogens with zero attached hydrogens (tertiary/aromatic N) is 1. The summed E-state index contributed by atoms with van der Waals surface area (Å²) in [5, 5.41) is 3.29. The first kappa shape index (κ1) is 13.0. The first-order valence-corrected chi connectivity index (χ1v) is 6.02. The van der Waals surface area contributed by atoms with Crippen LogP contribution >= 0.6 is 0 Å². The summed E-state index contributed by atoms with van der Waals surface area (Å²) in [5.41, 5.74) is 1.62. The quantitative estimate of drug-likeness (QED) is 0.793. The van der Waals surface area contributed by atoms with Gasteiger partial charge in [0.1, 0.15) is 0 Å². The van der Waals surface area contributed by atoms with Crippen LogP contribution in [-0.2, 0) is 0 Å². The van der Waals surface area contributed by atoms with E-state index in [0.717, 1.165) is 13.1 Å². The highest BCUT2D eigenvalue weighted by molar-refractivity contribution is 5.45. The maximum Gasteiger partial charge on any atom is 0.0363 e. The molecule has 2 nitrogen and oxygen atoms in total. The van der Waals surface area contributed by atoms with Crippen LogP contribution in [0, 0.1) is 5.41 Å². The van der Waals surface area contributed by atoms with Gasteiger partial charge in [0.2, 0.25) is 0 Å². The smallest absolute Gasteiger partial charge is 0.0363 e. The maximum atomic E-state index is 3.29. The zero-order valence-corrected chi connectivity index (χ0v) is 11.0. The molecule has 90 valence electrons. The summed E-state index contributed by atoms with van der Waals surface area (Å²) in [7, 11) is 4.19. The van der Waals surface area contributed by atoms with Crippen molar-refractivity contribution in [3.05, 3.63) is 30.3 Å². The molecular formula is C14H24N2. The molecule has 1 N–H and O–H groups in total. The predicted octanol–water partition coefficient (Wildman–Crippen LogP) is 2.76. The average Bonchev–Trinajstić information content (AvgIpc) is 2.30. The second-order valence-electron chi connectivity index (χ2n) is 4.89. The van der Waals surface area contributed by atoms with Gasteiger partial charge in [0, 0.05) is 25.8 Å². The number of benzene rings is 1. The van der Waals surface area contributed by atoms with E-state index in [2.05, 4.69) is 61.4 Å². The lowest BCUT2D eigenvalue weighted by Crippen LogP contribution is -2.39. The van der Waals surface area contributed by atoms with Gasteiger partial charge < -0.3 is 10.2 Å². The van der Waals surface area contributed by atoms with Crippen molar-refractivity contribution in [3.8, 4) is 0 Å². The molecule has 0 saturated carbocycles. The molecule has 2 heteroatoms. The Morgan fingerprint density at radius 1 is 1.25 bits per heavy atom. The third-order valence-electron chi connectivity index (χ3n) is 3.27. The van der Waals surface area contributed by atoms with Crippen LogP contribution < -0.4 is 10.2 Å². The zero-order valence-electron chi connectivity index (χ0n) is 11.0. The van der Waals surface area contributed by atoms with Crippen molar-refractivity contribution in [2.24, 2.45) is 5.41 Å². The summed E-state index contributed by atoms with van der Waals surface area (Å²) in [4.78, 5) is 2.33. The Kier molecular flexibility index (Phi) is 4.81. The van der Waals surface area contributed by atoms with Gasteiger partial charge in [-0.1, -0.05) is 32.0 Å². The van der Waals surface area contributed by atoms with Gasteiger partial charge in [0.15, 0.2) is 0 Å². The van der Waals surface area contributed by atoms with Crippen LogP contribution in [0.25, 0.3) is 0 Å². The van der Waals surface area contributed by atoms with Gasteiger partial charge in [0.05, 0.1) is 0 Å². The van der Waals surface area contributed by atoms with E-state index in [1.165, 1.54) is 12.1 Å². The fraction of sp³-hybridized carbons (Fsp3) is 0.571. The molecule has 0 heterocycles. The lowest BCUT2D eigenvalue weighted by atomic mass is 9.87. The second-order valence-corrected chi connectivity index (χ2v) is 4.89. The Bertz CT molecular complexity index is 297. The van der Waals surface area contributed by atoms with Crippen LogP contribution in [-0.4, -0.2) is 27.2 Å². The lowest BCUT2D eigenvalue weighted by Gasteiger charge is -2.34. The molecule has 0 aromatic heterocycles. The van der Waals surface area contributed by atoms with Crippen LogP contribution in [0.4, 0.5) is 5.69 Å². The van der Waals surface area contributed by atoms with Gasteiger partial charge in [-0.2, -0.15) is 0 Å². The molecule has 1 unspecified atom stereocenters. The zero-order chi connectivity index (χ0) is 12.0. The third kappa shape index (κ3) is 3.53. The van der Waals surface area contributed by atoms with Crippen molar-refractivity contribution >= 4 is 5.69 Å². The largest absolute Gasteiger partial charge is 0.374 e. The fourth-order valence-electron chi connectivity index (χ4n) is 2.07. The van der Waals surface area contributed by atoms with Crippen molar-refractivity contribution in [1.29, 1.82) is 0 Å². The van der Waals surface area contributed by atoms with Crippen LogP contribution in [0.15, 0.2) is 30.3 Å². The Morgan fingerprint density at radius 3 is 2.38 bits per heavy atom. The summed E-state index contributed by atoms with van der Waals surface area (Å²) in [5.74, 6) is 0. The number of hydrogen-bond donors (Lipinski definition) is 1. The molecule has 0 bridgehead atoms. The highest BCUT2D eigenvalue weighted by Crippen LogP contribution is 2.23. The van der Waals surface area contributed by atoms with E-state index in [1.807, 2.05) is 7.05 Å². The molecule has 0 radical (unpaired) electrons. The topological polar surface area (TPSA) is 15.3 Å². The SMILES string of the molecule is CCC(C)(CNC)CN(C)c1ccccc1. The average molecular weight is 220 g/mol. The third-order valence-corrected chi connectivity index (χ3v) is 3.27. The number of nitrogens with one attached hydrogen (secondary N) is 1. The van der Waals surface area contributed by atoms with E-state index in [0.29, 0.717) is 5.41 Å². The summed E-state index contributed by atoms with van der Waals surface area (Å²) >= 11 is 0. The summed E-state index contributed by atoms with van der Waals surface area (Å²) in [6, 6.07) is 10.6.